The number of carbonyl (C=O) groups is 2. The fourth-order valence-corrected chi connectivity index (χ4v) is 1.79. The molecule has 19 heavy (non-hydrogen) atoms. The number of aliphatic carboxylic acids is 1. The van der Waals surface area contributed by atoms with Crippen molar-refractivity contribution in [3.05, 3.63) is 29.3 Å². The van der Waals surface area contributed by atoms with Crippen molar-refractivity contribution in [3.8, 4) is 5.75 Å². The molecule has 104 valence electrons. The summed E-state index contributed by atoms with van der Waals surface area (Å²) in [6.07, 6.45) is -0.102. The second-order valence-corrected chi connectivity index (χ2v) is 4.68. The van der Waals surface area contributed by atoms with Crippen molar-refractivity contribution >= 4 is 11.9 Å². The van der Waals surface area contributed by atoms with Gasteiger partial charge < -0.3 is 15.2 Å². The molecule has 0 aliphatic rings. The molecule has 5 nitrogen and oxygen atoms in total. The summed E-state index contributed by atoms with van der Waals surface area (Å²) < 4.78 is 5.38. The van der Waals surface area contributed by atoms with E-state index in [-0.39, 0.29) is 18.9 Å². The van der Waals surface area contributed by atoms with Crippen molar-refractivity contribution in [2.45, 2.75) is 33.2 Å². The minimum Gasteiger partial charge on any atom is -0.484 e. The lowest BCUT2D eigenvalue weighted by Crippen LogP contribution is -2.37. The highest BCUT2D eigenvalue weighted by atomic mass is 16.5. The zero-order valence-electron chi connectivity index (χ0n) is 11.4. The van der Waals surface area contributed by atoms with Crippen LogP contribution in [0.3, 0.4) is 0 Å². The predicted octanol–water partition coefficient (Wildman–Crippen LogP) is 1.66. The first-order valence-corrected chi connectivity index (χ1v) is 6.09. The number of aryl methyl sites for hydroxylation is 2. The number of carboxylic acid groups (broad SMARTS) is 1. The Labute approximate surface area is 112 Å². The van der Waals surface area contributed by atoms with Gasteiger partial charge in [-0.1, -0.05) is 6.07 Å². The van der Waals surface area contributed by atoms with Crippen molar-refractivity contribution in [2.75, 3.05) is 6.61 Å². The smallest absolute Gasteiger partial charge is 0.305 e. The molecule has 0 fully saturated rings. The summed E-state index contributed by atoms with van der Waals surface area (Å²) >= 11 is 0. The Morgan fingerprint density at radius 1 is 1.26 bits per heavy atom. The van der Waals surface area contributed by atoms with Gasteiger partial charge in [-0.05, 0) is 44.0 Å². The van der Waals surface area contributed by atoms with Crippen LogP contribution in [0.15, 0.2) is 18.2 Å². The molecule has 1 amide bonds. The monoisotopic (exact) mass is 265 g/mol. The van der Waals surface area contributed by atoms with Gasteiger partial charge >= 0.3 is 5.97 Å². The van der Waals surface area contributed by atoms with Gasteiger partial charge in [0, 0.05) is 6.04 Å². The van der Waals surface area contributed by atoms with Crippen molar-refractivity contribution in [1.29, 1.82) is 0 Å². The summed E-state index contributed by atoms with van der Waals surface area (Å²) in [6.45, 7) is 5.43. The van der Waals surface area contributed by atoms with E-state index in [2.05, 4.69) is 5.32 Å². The van der Waals surface area contributed by atoms with Crippen LogP contribution in [0.4, 0.5) is 0 Å². The Bertz CT molecular complexity index is 450. The molecule has 1 rings (SSSR count). The minimum absolute atomic E-state index is 0.102. The Morgan fingerprint density at radius 3 is 2.37 bits per heavy atom. The van der Waals surface area contributed by atoms with Crippen LogP contribution < -0.4 is 10.1 Å². The van der Waals surface area contributed by atoms with E-state index in [0.29, 0.717) is 5.75 Å². The first kappa shape index (κ1) is 15.0. The van der Waals surface area contributed by atoms with Crippen molar-refractivity contribution in [2.24, 2.45) is 0 Å². The van der Waals surface area contributed by atoms with Crippen molar-refractivity contribution in [3.63, 3.8) is 0 Å². The SMILES string of the molecule is Cc1cc(C)cc(OCC(=O)NC(C)CC(=O)O)c1. The Balaban J connectivity index is 2.43. The molecule has 2 N–H and O–H groups in total. The van der Waals surface area contributed by atoms with Crippen LogP contribution >= 0.6 is 0 Å². The molecule has 0 bridgehead atoms. The summed E-state index contributed by atoms with van der Waals surface area (Å²) in [4.78, 5) is 22.0. The van der Waals surface area contributed by atoms with Gasteiger partial charge in [-0.2, -0.15) is 0 Å². The van der Waals surface area contributed by atoms with Gasteiger partial charge in [-0.3, -0.25) is 9.59 Å². The van der Waals surface area contributed by atoms with Gasteiger partial charge in [0.05, 0.1) is 6.42 Å². The van der Waals surface area contributed by atoms with E-state index in [0.717, 1.165) is 11.1 Å². The third-order valence-corrected chi connectivity index (χ3v) is 2.45. The fraction of sp³-hybridized carbons (Fsp3) is 0.429. The second kappa shape index (κ2) is 6.78. The van der Waals surface area contributed by atoms with E-state index in [9.17, 15) is 9.59 Å². The number of carbonyl (C=O) groups excluding carboxylic acids is 1. The van der Waals surface area contributed by atoms with Crippen LogP contribution in [-0.2, 0) is 9.59 Å². The fourth-order valence-electron chi connectivity index (χ4n) is 1.79. The molecule has 0 radical (unpaired) electrons. The van der Waals surface area contributed by atoms with Crippen LogP contribution in [0.2, 0.25) is 0 Å². The highest BCUT2D eigenvalue weighted by molar-refractivity contribution is 5.78. The molecule has 0 saturated heterocycles. The quantitative estimate of drug-likeness (QED) is 0.820. The van der Waals surface area contributed by atoms with Crippen LogP contribution in [0.5, 0.6) is 5.75 Å². The van der Waals surface area contributed by atoms with Gasteiger partial charge in [-0.15, -0.1) is 0 Å². The number of ether oxygens (including phenoxy) is 1. The molecule has 1 unspecified atom stereocenters. The largest absolute Gasteiger partial charge is 0.484 e. The van der Waals surface area contributed by atoms with E-state index in [1.807, 2.05) is 32.0 Å². The summed E-state index contributed by atoms with van der Waals surface area (Å²) in [5.74, 6) is -0.630. The second-order valence-electron chi connectivity index (χ2n) is 4.68. The Morgan fingerprint density at radius 2 is 1.84 bits per heavy atom. The lowest BCUT2D eigenvalue weighted by Gasteiger charge is -2.12. The van der Waals surface area contributed by atoms with Gasteiger partial charge in [-0.25, -0.2) is 0 Å². The maximum atomic E-state index is 11.5. The highest BCUT2D eigenvalue weighted by Crippen LogP contribution is 2.15. The topological polar surface area (TPSA) is 75.6 Å². The van der Waals surface area contributed by atoms with Gasteiger partial charge in [0.1, 0.15) is 5.75 Å². The maximum absolute atomic E-state index is 11.5. The highest BCUT2D eigenvalue weighted by Gasteiger charge is 2.11. The Kier molecular flexibility index (Phi) is 5.36. The Hall–Kier alpha value is -2.04. The average molecular weight is 265 g/mol. The van der Waals surface area contributed by atoms with Crippen LogP contribution in [0, 0.1) is 13.8 Å². The molecule has 0 aliphatic heterocycles. The summed E-state index contributed by atoms with van der Waals surface area (Å²) in [7, 11) is 0. The predicted molar refractivity (Wildman–Crippen MR) is 71.3 cm³/mol. The first-order chi connectivity index (χ1) is 8.86. The molecule has 1 aromatic carbocycles. The van der Waals surface area contributed by atoms with E-state index >= 15 is 0 Å². The van der Waals surface area contributed by atoms with Crippen LogP contribution in [0.1, 0.15) is 24.5 Å². The normalized spacial score (nSPS) is 11.7. The maximum Gasteiger partial charge on any atom is 0.305 e. The third kappa shape index (κ3) is 5.90. The number of hydrogen-bond acceptors (Lipinski definition) is 3. The van der Waals surface area contributed by atoms with Crippen LogP contribution in [-0.4, -0.2) is 29.6 Å². The first-order valence-electron chi connectivity index (χ1n) is 6.09. The third-order valence-electron chi connectivity index (χ3n) is 2.45. The van der Waals surface area contributed by atoms with E-state index in [1.165, 1.54) is 0 Å². The summed E-state index contributed by atoms with van der Waals surface area (Å²) in [6, 6.07) is 5.30. The minimum atomic E-state index is -0.942. The molecular weight excluding hydrogens is 246 g/mol. The number of nitrogens with one attached hydrogen (secondary N) is 1. The van der Waals surface area contributed by atoms with Gasteiger partial charge in [0.25, 0.3) is 5.91 Å². The number of hydrogen-bond donors (Lipinski definition) is 2. The molecule has 0 aromatic heterocycles. The molecule has 0 aliphatic carbocycles. The number of rotatable bonds is 6. The molecule has 1 aromatic rings. The lowest BCUT2D eigenvalue weighted by atomic mass is 10.1. The zero-order valence-corrected chi connectivity index (χ0v) is 11.4. The van der Waals surface area contributed by atoms with Crippen LogP contribution in [0.25, 0.3) is 0 Å². The molecule has 0 heterocycles. The van der Waals surface area contributed by atoms with E-state index < -0.39 is 12.0 Å². The van der Waals surface area contributed by atoms with Gasteiger partial charge in [0.2, 0.25) is 0 Å². The molecule has 0 spiro atoms. The number of amides is 1. The standard InChI is InChI=1S/C14H19NO4/c1-9-4-10(2)6-12(5-9)19-8-13(16)15-11(3)7-14(17)18/h4-6,11H,7-8H2,1-3H3,(H,15,16)(H,17,18). The molecule has 0 saturated carbocycles. The van der Waals surface area contributed by atoms with E-state index in [4.69, 9.17) is 9.84 Å². The van der Waals surface area contributed by atoms with Gasteiger partial charge in [0.15, 0.2) is 6.61 Å². The number of benzene rings is 1. The molecule has 1 atom stereocenters. The molecular formula is C14H19NO4. The lowest BCUT2D eigenvalue weighted by molar-refractivity contribution is -0.137. The molecule has 5 heteroatoms. The van der Waals surface area contributed by atoms with Crippen molar-refractivity contribution < 1.29 is 19.4 Å². The summed E-state index contributed by atoms with van der Waals surface area (Å²) in [5, 5.41) is 11.1. The van der Waals surface area contributed by atoms with Crippen molar-refractivity contribution in [1.82, 2.24) is 5.32 Å². The zero-order chi connectivity index (χ0) is 14.4. The average Bonchev–Trinajstić information content (AvgIpc) is 2.23. The van der Waals surface area contributed by atoms with E-state index in [1.54, 1.807) is 6.92 Å². The number of carboxylic acids is 1. The summed E-state index contributed by atoms with van der Waals surface area (Å²) in [5.41, 5.74) is 2.13.